The molecule has 3 rings (SSSR count). The Labute approximate surface area is 172 Å². The summed E-state index contributed by atoms with van der Waals surface area (Å²) >= 11 is 0. The fourth-order valence-electron chi connectivity index (χ4n) is 2.55. The fourth-order valence-corrected chi connectivity index (χ4v) is 2.55. The van der Waals surface area contributed by atoms with Crippen molar-refractivity contribution in [2.24, 2.45) is 0 Å². The van der Waals surface area contributed by atoms with E-state index in [2.05, 4.69) is 22.2 Å². The average Bonchev–Trinajstić information content (AvgIpc) is 2.74. The van der Waals surface area contributed by atoms with Crippen molar-refractivity contribution < 1.29 is 22.6 Å². The van der Waals surface area contributed by atoms with E-state index in [-0.39, 0.29) is 12.6 Å². The van der Waals surface area contributed by atoms with E-state index in [0.717, 1.165) is 24.6 Å². The maximum Gasteiger partial charge on any atom is 0.423 e. The van der Waals surface area contributed by atoms with Gasteiger partial charge in [-0.05, 0) is 36.2 Å². The van der Waals surface area contributed by atoms with Crippen LogP contribution >= 0.6 is 0 Å². The van der Waals surface area contributed by atoms with Gasteiger partial charge in [-0.2, -0.15) is 18.2 Å². The molecule has 158 valence electrons. The monoisotopic (exact) mass is 417 g/mol. The smallest absolute Gasteiger partial charge is 0.423 e. The Morgan fingerprint density at radius 2 is 1.70 bits per heavy atom. The van der Waals surface area contributed by atoms with Crippen molar-refractivity contribution >= 4 is 11.6 Å². The molecular weight excluding hydrogens is 395 g/mol. The predicted octanol–water partition coefficient (Wildman–Crippen LogP) is 6.00. The highest BCUT2D eigenvalue weighted by Crippen LogP contribution is 2.35. The number of aromatic nitrogens is 2. The first-order chi connectivity index (χ1) is 14.5. The molecule has 0 aliphatic heterocycles. The lowest BCUT2D eigenvalue weighted by Gasteiger charge is -2.14. The van der Waals surface area contributed by atoms with Gasteiger partial charge in [0.25, 0.3) is 0 Å². The summed E-state index contributed by atoms with van der Waals surface area (Å²) in [5.74, 6) is 0.198. The molecule has 0 bridgehead atoms. The summed E-state index contributed by atoms with van der Waals surface area (Å²) < 4.78 is 50.9. The minimum absolute atomic E-state index is 0.00529. The number of nitrogens with zero attached hydrogens (tertiary/aromatic N) is 2. The van der Waals surface area contributed by atoms with Gasteiger partial charge in [-0.25, -0.2) is 4.98 Å². The molecule has 1 N–H and O–H groups in total. The number of unbranched alkanes of at least 4 members (excludes halogenated alkanes) is 1. The third kappa shape index (κ3) is 6.10. The summed E-state index contributed by atoms with van der Waals surface area (Å²) in [6.45, 7) is 2.68. The van der Waals surface area contributed by atoms with E-state index in [1.54, 1.807) is 48.5 Å². The van der Waals surface area contributed by atoms with Crippen LogP contribution in [0.2, 0.25) is 0 Å². The summed E-state index contributed by atoms with van der Waals surface area (Å²) in [6.07, 6.45) is -1.90. The molecule has 0 aliphatic rings. The van der Waals surface area contributed by atoms with Crippen LogP contribution in [-0.2, 0) is 12.8 Å². The Balaban J connectivity index is 1.73. The number of hydrogen-bond donors (Lipinski definition) is 1. The molecule has 5 nitrogen and oxygen atoms in total. The number of ether oxygens (including phenoxy) is 2. The zero-order valence-electron chi connectivity index (χ0n) is 16.4. The molecule has 0 atom stereocenters. The Hall–Kier alpha value is -3.29. The lowest BCUT2D eigenvalue weighted by Crippen LogP contribution is -2.12. The lowest BCUT2D eigenvalue weighted by atomic mass is 10.2. The van der Waals surface area contributed by atoms with Crippen molar-refractivity contribution in [2.75, 3.05) is 11.9 Å². The summed E-state index contributed by atoms with van der Waals surface area (Å²) in [4.78, 5) is 7.72. The molecule has 8 heteroatoms. The Kier molecular flexibility index (Phi) is 7.11. The zero-order chi connectivity index (χ0) is 21.4. The van der Waals surface area contributed by atoms with E-state index in [0.29, 0.717) is 18.0 Å². The Bertz CT molecular complexity index is 933. The van der Waals surface area contributed by atoms with E-state index in [1.165, 1.54) is 0 Å². The van der Waals surface area contributed by atoms with Crippen LogP contribution in [0, 0.1) is 0 Å². The molecule has 1 heterocycles. The molecule has 0 saturated heterocycles. The maximum atomic E-state index is 13.3. The van der Waals surface area contributed by atoms with Crippen LogP contribution < -0.4 is 14.8 Å². The van der Waals surface area contributed by atoms with Gasteiger partial charge in [0.1, 0.15) is 17.9 Å². The summed E-state index contributed by atoms with van der Waals surface area (Å²) in [5.41, 5.74) is 0.327. The molecule has 0 fully saturated rings. The molecule has 0 radical (unpaired) electrons. The van der Waals surface area contributed by atoms with Crippen LogP contribution in [0.25, 0.3) is 0 Å². The summed E-state index contributed by atoms with van der Waals surface area (Å²) in [5, 5.41) is 2.89. The minimum Gasteiger partial charge on any atom is -0.494 e. The van der Waals surface area contributed by atoms with Gasteiger partial charge in [0.15, 0.2) is 0 Å². The van der Waals surface area contributed by atoms with Crippen LogP contribution in [-0.4, -0.2) is 16.6 Å². The van der Waals surface area contributed by atoms with E-state index in [4.69, 9.17) is 9.47 Å². The van der Waals surface area contributed by atoms with E-state index < -0.39 is 17.6 Å². The SMILES string of the molecule is CCCCOc1ccc(Nc2ncc(C(F)(F)F)c(OCc3ccccc3)n2)cc1. The maximum absolute atomic E-state index is 13.3. The summed E-state index contributed by atoms with van der Waals surface area (Å²) in [7, 11) is 0. The molecule has 2 aromatic carbocycles. The topological polar surface area (TPSA) is 56.3 Å². The number of nitrogens with one attached hydrogen (secondary N) is 1. The third-order valence-corrected chi connectivity index (χ3v) is 4.15. The molecule has 0 aliphatic carbocycles. The van der Waals surface area contributed by atoms with Gasteiger partial charge in [0.2, 0.25) is 11.8 Å². The first-order valence-electron chi connectivity index (χ1n) is 9.56. The highest BCUT2D eigenvalue weighted by molar-refractivity contribution is 5.55. The van der Waals surface area contributed by atoms with Crippen molar-refractivity contribution in [1.29, 1.82) is 0 Å². The van der Waals surface area contributed by atoms with Crippen LogP contribution in [0.4, 0.5) is 24.8 Å². The number of halogens is 3. The van der Waals surface area contributed by atoms with E-state index in [1.807, 2.05) is 6.07 Å². The normalized spacial score (nSPS) is 11.2. The third-order valence-electron chi connectivity index (χ3n) is 4.15. The van der Waals surface area contributed by atoms with Gasteiger partial charge < -0.3 is 14.8 Å². The fraction of sp³-hybridized carbons (Fsp3) is 0.273. The van der Waals surface area contributed by atoms with Gasteiger partial charge in [0, 0.05) is 11.9 Å². The number of rotatable bonds is 9. The van der Waals surface area contributed by atoms with Crippen molar-refractivity contribution in [1.82, 2.24) is 9.97 Å². The molecule has 3 aromatic rings. The Morgan fingerprint density at radius 1 is 0.967 bits per heavy atom. The van der Waals surface area contributed by atoms with Crippen LogP contribution in [0.1, 0.15) is 30.9 Å². The molecule has 0 amide bonds. The second kappa shape index (κ2) is 9.96. The van der Waals surface area contributed by atoms with Crippen molar-refractivity contribution in [3.8, 4) is 11.6 Å². The average molecular weight is 417 g/mol. The van der Waals surface area contributed by atoms with Gasteiger partial charge in [-0.3, -0.25) is 0 Å². The molecule has 0 saturated carbocycles. The standard InChI is InChI=1S/C22H22F3N3O2/c1-2-3-13-29-18-11-9-17(10-12-18)27-21-26-14-19(22(23,24)25)20(28-21)30-15-16-7-5-4-6-8-16/h4-12,14H,2-3,13,15H2,1H3,(H,26,27,28). The van der Waals surface area contributed by atoms with E-state index in [9.17, 15) is 13.2 Å². The van der Waals surface area contributed by atoms with E-state index >= 15 is 0 Å². The number of benzene rings is 2. The highest BCUT2D eigenvalue weighted by Gasteiger charge is 2.36. The van der Waals surface area contributed by atoms with Crippen molar-refractivity contribution in [3.63, 3.8) is 0 Å². The zero-order valence-corrected chi connectivity index (χ0v) is 16.4. The van der Waals surface area contributed by atoms with Gasteiger partial charge >= 0.3 is 6.18 Å². The van der Waals surface area contributed by atoms with Gasteiger partial charge in [-0.1, -0.05) is 43.7 Å². The molecule has 0 spiro atoms. The van der Waals surface area contributed by atoms with Crippen molar-refractivity contribution in [3.05, 3.63) is 71.9 Å². The van der Waals surface area contributed by atoms with Gasteiger partial charge in [-0.15, -0.1) is 0 Å². The second-order valence-electron chi connectivity index (χ2n) is 6.54. The van der Waals surface area contributed by atoms with Crippen LogP contribution in [0.3, 0.4) is 0 Å². The predicted molar refractivity (Wildman–Crippen MR) is 108 cm³/mol. The van der Waals surface area contributed by atoms with Gasteiger partial charge in [0.05, 0.1) is 6.61 Å². The highest BCUT2D eigenvalue weighted by atomic mass is 19.4. The lowest BCUT2D eigenvalue weighted by molar-refractivity contribution is -0.139. The van der Waals surface area contributed by atoms with Crippen LogP contribution in [0.5, 0.6) is 11.6 Å². The second-order valence-corrected chi connectivity index (χ2v) is 6.54. The molecule has 30 heavy (non-hydrogen) atoms. The largest absolute Gasteiger partial charge is 0.494 e. The molecule has 0 unspecified atom stereocenters. The molecule has 1 aromatic heterocycles. The minimum atomic E-state index is -4.62. The van der Waals surface area contributed by atoms with Crippen molar-refractivity contribution in [2.45, 2.75) is 32.5 Å². The Morgan fingerprint density at radius 3 is 2.37 bits per heavy atom. The number of alkyl halides is 3. The first kappa shape index (κ1) is 21.4. The number of anilines is 2. The number of hydrogen-bond acceptors (Lipinski definition) is 5. The first-order valence-corrected chi connectivity index (χ1v) is 9.56. The summed E-state index contributed by atoms with van der Waals surface area (Å²) in [6, 6.07) is 15.9. The quantitative estimate of drug-likeness (QED) is 0.433. The molecular formula is C22H22F3N3O2. The van der Waals surface area contributed by atoms with Crippen LogP contribution in [0.15, 0.2) is 60.8 Å².